The molecule has 12 nitrogen and oxygen atoms in total. The number of rotatable bonds is 12. The summed E-state index contributed by atoms with van der Waals surface area (Å²) < 4.78 is 12.5. The number of hydrogen-bond donors (Lipinski definition) is 2. The Morgan fingerprint density at radius 2 is 2.02 bits per heavy atom. The zero-order chi connectivity index (χ0) is 29.3. The quantitative estimate of drug-likeness (QED) is 0.295. The number of nitrogens with zero attached hydrogens (tertiary/aromatic N) is 6. The number of likely N-dealkylation sites (N-methyl/N-ethyl adjacent to an activating group) is 1. The topological polar surface area (TPSA) is 146 Å². The molecule has 1 aliphatic rings. The molecule has 2 N–H and O–H groups in total. The third kappa shape index (κ3) is 8.53. The fourth-order valence-corrected chi connectivity index (χ4v) is 4.89. The van der Waals surface area contributed by atoms with Crippen molar-refractivity contribution >= 4 is 28.9 Å². The van der Waals surface area contributed by atoms with Gasteiger partial charge < -0.3 is 29.7 Å². The van der Waals surface area contributed by atoms with Gasteiger partial charge in [-0.05, 0) is 52.0 Å². The van der Waals surface area contributed by atoms with Gasteiger partial charge in [-0.2, -0.15) is 5.26 Å². The van der Waals surface area contributed by atoms with Crippen molar-refractivity contribution in [3.63, 3.8) is 0 Å². The molecule has 2 aromatic heterocycles. The monoisotopic (exact) mass is 557 g/mol. The minimum atomic E-state index is -1.19. The molecule has 3 rings (SSSR count). The number of alkyl carbamates (subject to hydrolysis) is 1. The highest BCUT2D eigenvalue weighted by Crippen LogP contribution is 2.30. The third-order valence-corrected chi connectivity index (χ3v) is 7.07. The van der Waals surface area contributed by atoms with Crippen LogP contribution in [-0.2, 0) is 14.3 Å². The van der Waals surface area contributed by atoms with Crippen LogP contribution in [0.4, 0.5) is 10.6 Å². The first kappa shape index (κ1) is 31.1. The van der Waals surface area contributed by atoms with Gasteiger partial charge in [-0.15, -0.1) is 0 Å². The molecule has 2 amide bonds. The van der Waals surface area contributed by atoms with Gasteiger partial charge in [0, 0.05) is 32.9 Å². The molecular weight excluding hydrogens is 514 g/mol. The number of aromatic nitrogens is 3. The zero-order valence-corrected chi connectivity index (χ0v) is 24.3. The first-order chi connectivity index (χ1) is 19.0. The van der Waals surface area contributed by atoms with E-state index < -0.39 is 18.1 Å². The minimum Gasteiger partial charge on any atom is -0.444 e. The number of nitriles is 1. The van der Waals surface area contributed by atoms with Crippen molar-refractivity contribution in [2.45, 2.75) is 84.3 Å². The van der Waals surface area contributed by atoms with Crippen molar-refractivity contribution in [3.05, 3.63) is 18.6 Å². The van der Waals surface area contributed by atoms with Gasteiger partial charge in [-0.1, -0.05) is 19.8 Å². The SMILES string of the molecule is C[C@@H]1CCN(C(=O)CC#N)C[C@@H]1N(C)c1ncnc2c1ccn2C(O)OCCCCCCNC(=O)OC(C)(C)C. The second-order valence-electron chi connectivity index (χ2n) is 11.3. The molecule has 1 aliphatic heterocycles. The number of likely N-dealkylation sites (tertiary alicyclic amines) is 1. The Labute approximate surface area is 236 Å². The van der Waals surface area contributed by atoms with Gasteiger partial charge in [-0.3, -0.25) is 9.36 Å². The number of fused-ring (bicyclic) bond motifs is 1. The van der Waals surface area contributed by atoms with Crippen LogP contribution in [0, 0.1) is 17.2 Å². The highest BCUT2D eigenvalue weighted by atomic mass is 16.6. The fourth-order valence-electron chi connectivity index (χ4n) is 4.89. The number of piperidine rings is 1. The van der Waals surface area contributed by atoms with E-state index in [1.54, 1.807) is 15.7 Å². The molecule has 0 aromatic carbocycles. The number of hydrogen-bond acceptors (Lipinski definition) is 9. The first-order valence-corrected chi connectivity index (χ1v) is 14.0. The van der Waals surface area contributed by atoms with Gasteiger partial charge in [0.1, 0.15) is 29.8 Å². The summed E-state index contributed by atoms with van der Waals surface area (Å²) in [5, 5.41) is 23.2. The Bertz CT molecular complexity index is 1170. The molecule has 2 aromatic rings. The van der Waals surface area contributed by atoms with Crippen LogP contribution in [-0.4, -0.2) is 81.5 Å². The van der Waals surface area contributed by atoms with Gasteiger partial charge in [0.2, 0.25) is 12.3 Å². The molecule has 3 heterocycles. The number of carbonyl (C=O) groups excluding carboxylic acids is 2. The van der Waals surface area contributed by atoms with Crippen molar-refractivity contribution in [3.8, 4) is 6.07 Å². The molecule has 3 atom stereocenters. The predicted octanol–water partition coefficient (Wildman–Crippen LogP) is 3.57. The largest absolute Gasteiger partial charge is 0.444 e. The van der Waals surface area contributed by atoms with Crippen LogP contribution < -0.4 is 10.2 Å². The Hall–Kier alpha value is -3.43. The summed E-state index contributed by atoms with van der Waals surface area (Å²) in [4.78, 5) is 36.7. The zero-order valence-electron chi connectivity index (χ0n) is 24.3. The van der Waals surface area contributed by atoms with Crippen LogP contribution in [0.2, 0.25) is 0 Å². The fraction of sp³-hybridized carbons (Fsp3) is 0.679. The lowest BCUT2D eigenvalue weighted by Gasteiger charge is -2.42. The number of amides is 2. The number of carbonyl (C=O) groups is 2. The Morgan fingerprint density at radius 3 is 2.75 bits per heavy atom. The van der Waals surface area contributed by atoms with Crippen molar-refractivity contribution < 1.29 is 24.2 Å². The molecule has 220 valence electrons. The van der Waals surface area contributed by atoms with E-state index in [9.17, 15) is 14.7 Å². The van der Waals surface area contributed by atoms with Crippen LogP contribution in [0.3, 0.4) is 0 Å². The number of anilines is 1. The molecule has 0 aliphatic carbocycles. The smallest absolute Gasteiger partial charge is 0.407 e. The molecule has 1 fully saturated rings. The summed E-state index contributed by atoms with van der Waals surface area (Å²) in [7, 11) is 1.95. The maximum Gasteiger partial charge on any atom is 0.407 e. The molecule has 0 spiro atoms. The van der Waals surface area contributed by atoms with Crippen LogP contribution in [0.25, 0.3) is 11.0 Å². The first-order valence-electron chi connectivity index (χ1n) is 14.0. The van der Waals surface area contributed by atoms with Gasteiger partial charge in [0.15, 0.2) is 0 Å². The number of ether oxygens (including phenoxy) is 2. The summed E-state index contributed by atoms with van der Waals surface area (Å²) in [6.45, 7) is 9.75. The van der Waals surface area contributed by atoms with Crippen LogP contribution in [0.1, 0.15) is 72.6 Å². The molecule has 1 saturated heterocycles. The second-order valence-corrected chi connectivity index (χ2v) is 11.3. The van der Waals surface area contributed by atoms with Crippen molar-refractivity contribution in [1.82, 2.24) is 24.8 Å². The Balaban J connectivity index is 1.50. The van der Waals surface area contributed by atoms with E-state index in [2.05, 4.69) is 27.1 Å². The maximum absolute atomic E-state index is 12.3. The van der Waals surface area contributed by atoms with E-state index >= 15 is 0 Å². The Kier molecular flexibility index (Phi) is 11.1. The van der Waals surface area contributed by atoms with Crippen LogP contribution in [0.15, 0.2) is 18.6 Å². The number of unbranched alkanes of at least 4 members (excludes halogenated alkanes) is 3. The Morgan fingerprint density at radius 1 is 1.27 bits per heavy atom. The molecule has 0 saturated carbocycles. The highest BCUT2D eigenvalue weighted by Gasteiger charge is 2.33. The summed E-state index contributed by atoms with van der Waals surface area (Å²) >= 11 is 0. The summed E-state index contributed by atoms with van der Waals surface area (Å²) in [6, 6.07) is 3.83. The molecule has 0 radical (unpaired) electrons. The third-order valence-electron chi connectivity index (χ3n) is 7.07. The lowest BCUT2D eigenvalue weighted by Crippen LogP contribution is -2.52. The average molecular weight is 558 g/mol. The van der Waals surface area contributed by atoms with E-state index in [1.165, 1.54) is 6.33 Å². The predicted molar refractivity (Wildman–Crippen MR) is 150 cm³/mol. The lowest BCUT2D eigenvalue weighted by molar-refractivity contribution is -0.151. The molecule has 1 unspecified atom stereocenters. The average Bonchev–Trinajstić information content (AvgIpc) is 3.33. The van der Waals surface area contributed by atoms with Crippen molar-refractivity contribution in [2.75, 3.05) is 38.2 Å². The number of aliphatic hydroxyl groups is 1. The van der Waals surface area contributed by atoms with Gasteiger partial charge in [-0.25, -0.2) is 14.8 Å². The highest BCUT2D eigenvalue weighted by molar-refractivity contribution is 5.88. The lowest BCUT2D eigenvalue weighted by atomic mass is 9.92. The number of nitrogens with one attached hydrogen (secondary N) is 1. The van der Waals surface area contributed by atoms with Gasteiger partial charge in [0.05, 0.1) is 24.1 Å². The van der Waals surface area contributed by atoms with Crippen LogP contribution >= 0.6 is 0 Å². The van der Waals surface area contributed by atoms with Crippen LogP contribution in [0.5, 0.6) is 0 Å². The van der Waals surface area contributed by atoms with Crippen molar-refractivity contribution in [1.29, 1.82) is 5.26 Å². The summed E-state index contributed by atoms with van der Waals surface area (Å²) in [6.07, 6.45) is 5.76. The number of aliphatic hydroxyl groups excluding tert-OH is 1. The standard InChI is InChI=1S/C28H43N7O5/c1-20-11-15-34(23(36)10-13-29)18-22(20)33(5)24-21-12-16-35(25(21)32-19-31-24)27(38)39-17-9-7-6-8-14-30-26(37)40-28(2,3)4/h12,16,19-20,22,27,38H,6-11,14-15,17-18H2,1-5H3,(H,30,37)/t20-,22+,27?/m1/s1. The van der Waals surface area contributed by atoms with Crippen molar-refractivity contribution in [2.24, 2.45) is 5.92 Å². The second kappa shape index (κ2) is 14.3. The van der Waals surface area contributed by atoms with E-state index in [0.717, 1.165) is 37.5 Å². The van der Waals surface area contributed by atoms with E-state index in [0.29, 0.717) is 43.6 Å². The molecule has 12 heteroatoms. The van der Waals surface area contributed by atoms with E-state index in [-0.39, 0.29) is 18.4 Å². The van der Waals surface area contributed by atoms with E-state index in [1.807, 2.05) is 40.0 Å². The molecule has 40 heavy (non-hydrogen) atoms. The van der Waals surface area contributed by atoms with E-state index in [4.69, 9.17) is 14.7 Å². The normalized spacial score (nSPS) is 18.3. The van der Waals surface area contributed by atoms with Gasteiger partial charge >= 0.3 is 6.09 Å². The summed E-state index contributed by atoms with van der Waals surface area (Å²) in [5.41, 5.74) is 0.0475. The maximum atomic E-state index is 12.3. The van der Waals surface area contributed by atoms with Gasteiger partial charge in [0.25, 0.3) is 0 Å². The molecule has 0 bridgehead atoms. The summed E-state index contributed by atoms with van der Waals surface area (Å²) in [5.74, 6) is 0.886. The molecular formula is C28H43N7O5. The minimum absolute atomic E-state index is 0.0263.